The van der Waals surface area contributed by atoms with Crippen LogP contribution in [0.4, 0.5) is 0 Å². The molecule has 1 rings (SSSR count). The van der Waals surface area contributed by atoms with Crippen molar-refractivity contribution in [3.05, 3.63) is 35.9 Å². The molecule has 7 heteroatoms. The highest BCUT2D eigenvalue weighted by Crippen LogP contribution is 1.98. The van der Waals surface area contributed by atoms with Crippen LogP contribution in [-0.4, -0.2) is 51.3 Å². The number of ether oxygens (including phenoxy) is 1. The first-order valence-corrected chi connectivity index (χ1v) is 9.52. The fourth-order valence-electron chi connectivity index (χ4n) is 2.24. The van der Waals surface area contributed by atoms with Gasteiger partial charge in [-0.25, -0.2) is 4.99 Å². The van der Waals surface area contributed by atoms with Gasteiger partial charge in [-0.2, -0.15) is 0 Å². The first kappa shape index (κ1) is 25.6. The summed E-state index contributed by atoms with van der Waals surface area (Å²) in [5, 5.41) is 9.27. The molecule has 0 aliphatic carbocycles. The largest absolute Gasteiger partial charge is 0.381 e. The van der Waals surface area contributed by atoms with Gasteiger partial charge in [0.05, 0.1) is 0 Å². The summed E-state index contributed by atoms with van der Waals surface area (Å²) in [5.41, 5.74) is 1.21. The van der Waals surface area contributed by atoms with E-state index in [9.17, 15) is 4.79 Å². The lowest BCUT2D eigenvalue weighted by Gasteiger charge is -2.12. The third-order valence-corrected chi connectivity index (χ3v) is 3.51. The molecule has 6 nitrogen and oxygen atoms in total. The van der Waals surface area contributed by atoms with Gasteiger partial charge in [-0.3, -0.25) is 4.79 Å². The van der Waals surface area contributed by atoms with Gasteiger partial charge >= 0.3 is 0 Å². The van der Waals surface area contributed by atoms with Gasteiger partial charge in [0.2, 0.25) is 5.91 Å². The number of amides is 1. The zero-order valence-corrected chi connectivity index (χ0v) is 19.1. The van der Waals surface area contributed by atoms with Crippen molar-refractivity contribution < 1.29 is 9.53 Å². The minimum Gasteiger partial charge on any atom is -0.381 e. The van der Waals surface area contributed by atoms with Crippen LogP contribution >= 0.6 is 24.0 Å². The molecule has 0 aliphatic rings. The van der Waals surface area contributed by atoms with E-state index in [1.54, 1.807) is 0 Å². The summed E-state index contributed by atoms with van der Waals surface area (Å²) < 4.78 is 5.55. The van der Waals surface area contributed by atoms with Crippen molar-refractivity contribution in [3.63, 3.8) is 0 Å². The number of halogens is 1. The lowest BCUT2D eigenvalue weighted by atomic mass is 10.1. The minimum atomic E-state index is -0.0709. The first-order chi connectivity index (χ1) is 12.6. The molecule has 1 amide bonds. The number of carbonyl (C=O) groups excluding carboxylic acids is 1. The van der Waals surface area contributed by atoms with Crippen LogP contribution in [0.2, 0.25) is 0 Å². The smallest absolute Gasteiger partial charge is 0.241 e. The number of aliphatic imine (C=N–C) groups is 1. The van der Waals surface area contributed by atoms with Gasteiger partial charge < -0.3 is 20.7 Å². The standard InChI is InChI=1S/C20H34N4O2.HI/c1-4-21-20(23-12-8-14-26-16-17(2)3)24-15-19(25)22-13-11-18-9-6-5-7-10-18;/h5-7,9-10,17H,4,8,11-16H2,1-3H3,(H,22,25)(H2,21,23,24);1H. The Labute approximate surface area is 181 Å². The van der Waals surface area contributed by atoms with E-state index in [0.29, 0.717) is 18.4 Å². The average molecular weight is 490 g/mol. The van der Waals surface area contributed by atoms with Gasteiger partial charge in [0, 0.05) is 32.8 Å². The number of carbonyl (C=O) groups is 1. The molecule has 0 heterocycles. The molecule has 154 valence electrons. The zero-order chi connectivity index (χ0) is 19.0. The third-order valence-electron chi connectivity index (χ3n) is 3.51. The summed E-state index contributed by atoms with van der Waals surface area (Å²) in [6.45, 7) is 10.1. The molecule has 0 fully saturated rings. The average Bonchev–Trinajstić information content (AvgIpc) is 2.63. The Kier molecular flexibility index (Phi) is 16.0. The van der Waals surface area contributed by atoms with Crippen LogP contribution in [0.25, 0.3) is 0 Å². The second-order valence-electron chi connectivity index (χ2n) is 6.53. The molecule has 0 saturated carbocycles. The Morgan fingerprint density at radius 3 is 2.52 bits per heavy atom. The van der Waals surface area contributed by atoms with Gasteiger partial charge in [0.15, 0.2) is 5.96 Å². The van der Waals surface area contributed by atoms with Crippen molar-refractivity contribution in [1.29, 1.82) is 0 Å². The third kappa shape index (κ3) is 14.4. The molecule has 27 heavy (non-hydrogen) atoms. The van der Waals surface area contributed by atoms with Gasteiger partial charge in [-0.05, 0) is 31.2 Å². The van der Waals surface area contributed by atoms with Crippen molar-refractivity contribution in [1.82, 2.24) is 16.0 Å². The number of benzene rings is 1. The number of nitrogens with zero attached hydrogens (tertiary/aromatic N) is 1. The number of rotatable bonds is 12. The predicted octanol–water partition coefficient (Wildman–Crippen LogP) is 2.58. The van der Waals surface area contributed by atoms with E-state index < -0.39 is 0 Å². The summed E-state index contributed by atoms with van der Waals surface area (Å²) in [6, 6.07) is 10.1. The van der Waals surface area contributed by atoms with Crippen LogP contribution < -0.4 is 16.0 Å². The second kappa shape index (κ2) is 16.8. The molecule has 0 unspecified atom stereocenters. The number of hydrogen-bond donors (Lipinski definition) is 3. The Hall–Kier alpha value is -1.35. The van der Waals surface area contributed by atoms with Crippen molar-refractivity contribution in [2.45, 2.75) is 33.6 Å². The second-order valence-corrected chi connectivity index (χ2v) is 6.53. The lowest BCUT2D eigenvalue weighted by molar-refractivity contribution is -0.119. The number of hydrogen-bond acceptors (Lipinski definition) is 3. The van der Waals surface area contributed by atoms with Gasteiger partial charge in [0.1, 0.15) is 6.54 Å². The van der Waals surface area contributed by atoms with E-state index in [2.05, 4.69) is 46.9 Å². The summed E-state index contributed by atoms with van der Waals surface area (Å²) in [4.78, 5) is 16.3. The van der Waals surface area contributed by atoms with E-state index in [-0.39, 0.29) is 36.4 Å². The molecule has 3 N–H and O–H groups in total. The van der Waals surface area contributed by atoms with Crippen molar-refractivity contribution in [2.75, 3.05) is 39.4 Å². The molecule has 0 saturated heterocycles. The monoisotopic (exact) mass is 490 g/mol. The van der Waals surface area contributed by atoms with E-state index in [1.807, 2.05) is 25.1 Å². The molecule has 0 spiro atoms. The van der Waals surface area contributed by atoms with Crippen LogP contribution in [-0.2, 0) is 16.0 Å². The maximum atomic E-state index is 11.9. The molecule has 0 aromatic heterocycles. The number of guanidine groups is 1. The molecule has 0 atom stereocenters. The molecule has 0 radical (unpaired) electrons. The van der Waals surface area contributed by atoms with E-state index in [1.165, 1.54) is 5.56 Å². The van der Waals surface area contributed by atoms with Crippen molar-refractivity contribution in [3.8, 4) is 0 Å². The summed E-state index contributed by atoms with van der Waals surface area (Å²) in [5.74, 6) is 1.15. The Balaban J connectivity index is 0.00000676. The van der Waals surface area contributed by atoms with E-state index in [0.717, 1.165) is 39.1 Å². The Bertz CT molecular complexity index is 524. The SMILES string of the molecule is CCNC(=NCC(=O)NCCc1ccccc1)NCCCOCC(C)C.I. The van der Waals surface area contributed by atoms with Crippen LogP contribution in [0.15, 0.2) is 35.3 Å². The summed E-state index contributed by atoms with van der Waals surface area (Å²) >= 11 is 0. The van der Waals surface area contributed by atoms with E-state index in [4.69, 9.17) is 4.74 Å². The van der Waals surface area contributed by atoms with Gasteiger partial charge in [0.25, 0.3) is 0 Å². The highest BCUT2D eigenvalue weighted by atomic mass is 127. The molecular weight excluding hydrogens is 455 g/mol. The minimum absolute atomic E-state index is 0. The predicted molar refractivity (Wildman–Crippen MR) is 123 cm³/mol. The van der Waals surface area contributed by atoms with Crippen LogP contribution in [0.1, 0.15) is 32.8 Å². The van der Waals surface area contributed by atoms with Gasteiger partial charge in [-0.1, -0.05) is 44.2 Å². The van der Waals surface area contributed by atoms with Gasteiger partial charge in [-0.15, -0.1) is 24.0 Å². The summed E-state index contributed by atoms with van der Waals surface area (Å²) in [6.07, 6.45) is 1.73. The normalized spacial score (nSPS) is 11.0. The summed E-state index contributed by atoms with van der Waals surface area (Å²) in [7, 11) is 0. The van der Waals surface area contributed by atoms with Crippen molar-refractivity contribution >= 4 is 35.8 Å². The van der Waals surface area contributed by atoms with Crippen LogP contribution in [0.3, 0.4) is 0 Å². The highest BCUT2D eigenvalue weighted by Gasteiger charge is 2.02. The van der Waals surface area contributed by atoms with Crippen LogP contribution in [0, 0.1) is 5.92 Å². The zero-order valence-electron chi connectivity index (χ0n) is 16.8. The van der Waals surface area contributed by atoms with Crippen molar-refractivity contribution in [2.24, 2.45) is 10.9 Å². The Morgan fingerprint density at radius 2 is 1.85 bits per heavy atom. The number of nitrogens with one attached hydrogen (secondary N) is 3. The molecule has 0 bridgehead atoms. The fraction of sp³-hybridized carbons (Fsp3) is 0.600. The molecule has 1 aromatic rings. The Morgan fingerprint density at radius 1 is 1.11 bits per heavy atom. The quantitative estimate of drug-likeness (QED) is 0.182. The molecule has 1 aromatic carbocycles. The fourth-order valence-corrected chi connectivity index (χ4v) is 2.24. The van der Waals surface area contributed by atoms with Crippen LogP contribution in [0.5, 0.6) is 0 Å². The topological polar surface area (TPSA) is 74.8 Å². The maximum absolute atomic E-state index is 11.9. The molecule has 0 aliphatic heterocycles. The maximum Gasteiger partial charge on any atom is 0.241 e. The first-order valence-electron chi connectivity index (χ1n) is 9.52. The molecular formula is C20H35IN4O2. The lowest BCUT2D eigenvalue weighted by Crippen LogP contribution is -2.39. The van der Waals surface area contributed by atoms with E-state index >= 15 is 0 Å². The highest BCUT2D eigenvalue weighted by molar-refractivity contribution is 14.0.